The zero-order chi connectivity index (χ0) is 11.2. The topological polar surface area (TPSA) is 37.8 Å². The van der Waals surface area contributed by atoms with Crippen molar-refractivity contribution in [3.8, 4) is 0 Å². The number of thioether (sulfide) groups is 1. The molecule has 4 heteroatoms. The molecule has 0 aliphatic heterocycles. The van der Waals surface area contributed by atoms with Crippen molar-refractivity contribution in [2.45, 2.75) is 43.6 Å². The van der Waals surface area contributed by atoms with E-state index in [2.05, 4.69) is 22.2 Å². The maximum atomic E-state index is 4.41. The molecule has 0 atom stereocenters. The van der Waals surface area contributed by atoms with Crippen LogP contribution in [0, 0.1) is 0 Å². The van der Waals surface area contributed by atoms with Crippen molar-refractivity contribution < 1.29 is 0 Å². The zero-order valence-corrected chi connectivity index (χ0v) is 10.6. The molecule has 2 rings (SSSR count). The predicted molar refractivity (Wildman–Crippen MR) is 69.7 cm³/mol. The highest BCUT2D eigenvalue weighted by atomic mass is 32.2. The lowest BCUT2D eigenvalue weighted by molar-refractivity contribution is 0.886. The van der Waals surface area contributed by atoms with Gasteiger partial charge in [-0.05, 0) is 19.8 Å². The number of aromatic nitrogens is 2. The van der Waals surface area contributed by atoms with Crippen molar-refractivity contribution in [3.05, 3.63) is 18.1 Å². The molecule has 88 valence electrons. The molecule has 0 saturated heterocycles. The number of anilines is 1. The molecule has 0 spiro atoms. The van der Waals surface area contributed by atoms with Crippen LogP contribution in [-0.4, -0.2) is 21.8 Å². The van der Waals surface area contributed by atoms with Crippen molar-refractivity contribution in [2.24, 2.45) is 0 Å². The highest BCUT2D eigenvalue weighted by molar-refractivity contribution is 7.99. The van der Waals surface area contributed by atoms with Crippen LogP contribution in [0.3, 0.4) is 0 Å². The minimum Gasteiger partial charge on any atom is -0.369 e. The summed E-state index contributed by atoms with van der Waals surface area (Å²) in [6.07, 6.45) is 9.29. The van der Waals surface area contributed by atoms with E-state index in [0.717, 1.165) is 29.1 Å². The van der Waals surface area contributed by atoms with Crippen molar-refractivity contribution in [1.29, 1.82) is 0 Å². The molecule has 0 bridgehead atoms. The van der Waals surface area contributed by atoms with E-state index < -0.39 is 0 Å². The van der Waals surface area contributed by atoms with Crippen molar-refractivity contribution in [2.75, 3.05) is 11.9 Å². The minimum absolute atomic E-state index is 0.857. The van der Waals surface area contributed by atoms with Gasteiger partial charge < -0.3 is 5.32 Å². The maximum Gasteiger partial charge on any atom is 0.144 e. The van der Waals surface area contributed by atoms with E-state index in [1.54, 1.807) is 0 Å². The van der Waals surface area contributed by atoms with E-state index in [9.17, 15) is 0 Å². The van der Waals surface area contributed by atoms with Crippen LogP contribution in [0.15, 0.2) is 12.4 Å². The Morgan fingerprint density at radius 1 is 1.31 bits per heavy atom. The van der Waals surface area contributed by atoms with E-state index in [4.69, 9.17) is 0 Å². The Bertz CT molecular complexity index is 307. The molecular weight excluding hydrogens is 218 g/mol. The molecule has 1 aliphatic rings. The first kappa shape index (κ1) is 11.7. The summed E-state index contributed by atoms with van der Waals surface area (Å²) in [6.45, 7) is 2.95. The normalized spacial score (nSPS) is 16.6. The largest absolute Gasteiger partial charge is 0.369 e. The number of rotatable bonds is 5. The second-order valence-corrected chi connectivity index (χ2v) is 5.43. The van der Waals surface area contributed by atoms with E-state index in [1.807, 2.05) is 24.2 Å². The molecule has 1 aromatic heterocycles. The van der Waals surface area contributed by atoms with E-state index >= 15 is 0 Å². The zero-order valence-electron chi connectivity index (χ0n) is 9.78. The summed E-state index contributed by atoms with van der Waals surface area (Å²) in [5.41, 5.74) is 1.10. The van der Waals surface area contributed by atoms with Crippen LogP contribution in [0.2, 0.25) is 0 Å². The highest BCUT2D eigenvalue weighted by Gasteiger charge is 2.15. The molecule has 0 unspecified atom stereocenters. The molecule has 3 nitrogen and oxygen atoms in total. The summed E-state index contributed by atoms with van der Waals surface area (Å²) in [4.78, 5) is 8.74. The molecule has 1 saturated carbocycles. The van der Waals surface area contributed by atoms with Crippen molar-refractivity contribution >= 4 is 17.6 Å². The fourth-order valence-corrected chi connectivity index (χ4v) is 3.18. The third kappa shape index (κ3) is 3.37. The lowest BCUT2D eigenvalue weighted by Gasteiger charge is -2.08. The van der Waals surface area contributed by atoms with Gasteiger partial charge in [-0.15, -0.1) is 0 Å². The Labute approximate surface area is 101 Å². The maximum absolute atomic E-state index is 4.41. The van der Waals surface area contributed by atoms with Crippen LogP contribution in [0.4, 0.5) is 5.82 Å². The van der Waals surface area contributed by atoms with Crippen LogP contribution >= 0.6 is 11.8 Å². The third-order valence-electron chi connectivity index (χ3n) is 2.83. The van der Waals surface area contributed by atoms with Gasteiger partial charge in [-0.3, -0.25) is 4.98 Å². The summed E-state index contributed by atoms with van der Waals surface area (Å²) in [6, 6.07) is 0. The van der Waals surface area contributed by atoms with Gasteiger partial charge in [-0.1, -0.05) is 12.8 Å². The number of hydrogen-bond acceptors (Lipinski definition) is 4. The summed E-state index contributed by atoms with van der Waals surface area (Å²) in [7, 11) is 0. The summed E-state index contributed by atoms with van der Waals surface area (Å²) < 4.78 is 0. The Kier molecular flexibility index (Phi) is 4.45. The molecule has 0 radical (unpaired) electrons. The van der Waals surface area contributed by atoms with E-state index in [0.29, 0.717) is 0 Å². The molecular formula is C12H19N3S. The van der Waals surface area contributed by atoms with Crippen LogP contribution in [-0.2, 0) is 5.75 Å². The Hall–Kier alpha value is -0.770. The Balaban J connectivity index is 1.80. The van der Waals surface area contributed by atoms with Crippen LogP contribution < -0.4 is 5.32 Å². The van der Waals surface area contributed by atoms with Gasteiger partial charge in [0.25, 0.3) is 0 Å². The molecule has 1 heterocycles. The van der Waals surface area contributed by atoms with Crippen LogP contribution in [0.5, 0.6) is 0 Å². The van der Waals surface area contributed by atoms with Gasteiger partial charge in [0.1, 0.15) is 5.82 Å². The van der Waals surface area contributed by atoms with Crippen molar-refractivity contribution in [3.63, 3.8) is 0 Å². The lowest BCUT2D eigenvalue weighted by atomic mass is 10.4. The van der Waals surface area contributed by atoms with Crippen molar-refractivity contribution in [1.82, 2.24) is 9.97 Å². The second kappa shape index (κ2) is 6.09. The average molecular weight is 237 g/mol. The number of nitrogens with zero attached hydrogens (tertiary/aromatic N) is 2. The number of hydrogen-bond donors (Lipinski definition) is 1. The molecule has 16 heavy (non-hydrogen) atoms. The summed E-state index contributed by atoms with van der Waals surface area (Å²) >= 11 is 2.03. The van der Waals surface area contributed by atoms with E-state index in [-0.39, 0.29) is 0 Å². The fraction of sp³-hybridized carbons (Fsp3) is 0.667. The molecule has 1 N–H and O–H groups in total. The van der Waals surface area contributed by atoms with Gasteiger partial charge in [-0.25, -0.2) is 4.98 Å². The van der Waals surface area contributed by atoms with Gasteiger partial charge in [-0.2, -0.15) is 11.8 Å². The van der Waals surface area contributed by atoms with Gasteiger partial charge in [0.15, 0.2) is 0 Å². The SMILES string of the molecule is CCNc1cnc(CSC2CCCC2)cn1. The Morgan fingerprint density at radius 3 is 2.75 bits per heavy atom. The highest BCUT2D eigenvalue weighted by Crippen LogP contribution is 2.31. The van der Waals surface area contributed by atoms with Gasteiger partial charge in [0, 0.05) is 17.5 Å². The first-order valence-electron chi connectivity index (χ1n) is 6.05. The van der Waals surface area contributed by atoms with Gasteiger partial charge in [0.05, 0.1) is 18.1 Å². The summed E-state index contributed by atoms with van der Waals surface area (Å²) in [5.74, 6) is 1.88. The minimum atomic E-state index is 0.857. The Morgan fingerprint density at radius 2 is 2.12 bits per heavy atom. The van der Waals surface area contributed by atoms with Crippen LogP contribution in [0.25, 0.3) is 0 Å². The smallest absolute Gasteiger partial charge is 0.144 e. The first-order chi connectivity index (χ1) is 7.88. The third-order valence-corrected chi connectivity index (χ3v) is 4.24. The quantitative estimate of drug-likeness (QED) is 0.854. The molecule has 0 amide bonds. The monoisotopic (exact) mass is 237 g/mol. The molecule has 1 aromatic rings. The molecule has 1 aliphatic carbocycles. The standard InChI is InChI=1S/C12H19N3S/c1-2-13-12-8-14-10(7-15-12)9-16-11-5-3-4-6-11/h7-8,11H,2-6,9H2,1H3,(H,13,15). The van der Waals surface area contributed by atoms with Gasteiger partial charge in [0.2, 0.25) is 0 Å². The summed E-state index contributed by atoms with van der Waals surface area (Å²) in [5, 5.41) is 4.01. The first-order valence-corrected chi connectivity index (χ1v) is 7.09. The predicted octanol–water partition coefficient (Wildman–Crippen LogP) is 3.08. The van der Waals surface area contributed by atoms with Crippen LogP contribution in [0.1, 0.15) is 38.3 Å². The molecule has 1 fully saturated rings. The second-order valence-electron chi connectivity index (χ2n) is 4.14. The van der Waals surface area contributed by atoms with E-state index in [1.165, 1.54) is 25.7 Å². The molecule has 0 aromatic carbocycles. The van der Waals surface area contributed by atoms with Gasteiger partial charge >= 0.3 is 0 Å². The number of nitrogens with one attached hydrogen (secondary N) is 1. The fourth-order valence-electron chi connectivity index (χ4n) is 1.96. The lowest BCUT2D eigenvalue weighted by Crippen LogP contribution is -2.01. The average Bonchev–Trinajstić information content (AvgIpc) is 2.82.